The SMILES string of the molecule is COc1cc(C(=O)N2CCCCCC2/C=C/c2cccs2)ncn1. The molecule has 1 saturated heterocycles. The van der Waals surface area contributed by atoms with Crippen molar-refractivity contribution in [1.29, 1.82) is 0 Å². The molecule has 2 aromatic heterocycles. The maximum atomic E-state index is 12.9. The molecule has 2 aromatic rings. The van der Waals surface area contributed by atoms with E-state index in [4.69, 9.17) is 4.74 Å². The van der Waals surface area contributed by atoms with E-state index < -0.39 is 0 Å². The normalized spacial score (nSPS) is 18.5. The van der Waals surface area contributed by atoms with E-state index in [1.165, 1.54) is 18.3 Å². The second-order valence-corrected chi connectivity index (χ2v) is 6.71. The zero-order valence-electron chi connectivity index (χ0n) is 13.7. The van der Waals surface area contributed by atoms with Crippen LogP contribution in [0.5, 0.6) is 5.88 Å². The van der Waals surface area contributed by atoms with Crippen LogP contribution < -0.4 is 4.74 Å². The Morgan fingerprint density at radius 3 is 3.08 bits per heavy atom. The number of hydrogen-bond acceptors (Lipinski definition) is 5. The number of carbonyl (C=O) groups excluding carboxylic acids is 1. The number of nitrogens with zero attached hydrogens (tertiary/aromatic N) is 3. The zero-order valence-corrected chi connectivity index (χ0v) is 14.5. The number of amides is 1. The first kappa shape index (κ1) is 16.6. The number of thiophene rings is 1. The molecule has 0 radical (unpaired) electrons. The van der Waals surface area contributed by atoms with Gasteiger partial charge in [0.1, 0.15) is 12.0 Å². The van der Waals surface area contributed by atoms with Crippen LogP contribution in [0.15, 0.2) is 36.0 Å². The number of methoxy groups -OCH3 is 1. The zero-order chi connectivity index (χ0) is 16.8. The van der Waals surface area contributed by atoms with Gasteiger partial charge in [-0.15, -0.1) is 11.3 Å². The summed E-state index contributed by atoms with van der Waals surface area (Å²) in [4.78, 5) is 24.2. The van der Waals surface area contributed by atoms with Gasteiger partial charge in [0.25, 0.3) is 5.91 Å². The van der Waals surface area contributed by atoms with Gasteiger partial charge in [0, 0.05) is 17.5 Å². The first-order valence-electron chi connectivity index (χ1n) is 8.16. The lowest BCUT2D eigenvalue weighted by Gasteiger charge is -2.27. The smallest absolute Gasteiger partial charge is 0.273 e. The molecule has 24 heavy (non-hydrogen) atoms. The summed E-state index contributed by atoms with van der Waals surface area (Å²) in [6.07, 6.45) is 9.93. The minimum Gasteiger partial charge on any atom is -0.481 e. The standard InChI is InChI=1S/C18H21N3O2S/c1-23-17-12-16(19-13-20-17)18(22)21-10-4-2-3-6-14(21)8-9-15-7-5-11-24-15/h5,7-9,11-14H,2-4,6,10H2,1H3/b9-8+. The van der Waals surface area contributed by atoms with Gasteiger partial charge in [-0.2, -0.15) is 0 Å². The maximum absolute atomic E-state index is 12.9. The van der Waals surface area contributed by atoms with Crippen LogP contribution in [0.2, 0.25) is 0 Å². The molecule has 1 amide bonds. The second-order valence-electron chi connectivity index (χ2n) is 5.74. The fraction of sp³-hybridized carbons (Fsp3) is 0.389. The van der Waals surface area contributed by atoms with Crippen LogP contribution in [0.25, 0.3) is 6.08 Å². The first-order chi connectivity index (χ1) is 11.8. The van der Waals surface area contributed by atoms with Gasteiger partial charge in [-0.05, 0) is 30.4 Å². The van der Waals surface area contributed by atoms with Crippen LogP contribution in [-0.2, 0) is 0 Å². The summed E-state index contributed by atoms with van der Waals surface area (Å²) < 4.78 is 5.11. The largest absolute Gasteiger partial charge is 0.481 e. The highest BCUT2D eigenvalue weighted by Gasteiger charge is 2.25. The predicted molar refractivity (Wildman–Crippen MR) is 95.2 cm³/mol. The molecular weight excluding hydrogens is 322 g/mol. The fourth-order valence-electron chi connectivity index (χ4n) is 2.89. The van der Waals surface area contributed by atoms with Gasteiger partial charge < -0.3 is 9.64 Å². The Balaban J connectivity index is 1.82. The molecule has 5 nitrogen and oxygen atoms in total. The monoisotopic (exact) mass is 343 g/mol. The second kappa shape index (κ2) is 8.06. The average Bonchev–Trinajstić information content (AvgIpc) is 3.03. The van der Waals surface area contributed by atoms with E-state index in [0.29, 0.717) is 11.6 Å². The lowest BCUT2D eigenvalue weighted by molar-refractivity contribution is 0.0712. The van der Waals surface area contributed by atoms with Crippen molar-refractivity contribution < 1.29 is 9.53 Å². The van der Waals surface area contributed by atoms with Gasteiger partial charge in [0.15, 0.2) is 0 Å². The quantitative estimate of drug-likeness (QED) is 0.850. The highest BCUT2D eigenvalue weighted by Crippen LogP contribution is 2.22. The third-order valence-electron chi connectivity index (χ3n) is 4.16. The predicted octanol–water partition coefficient (Wildman–Crippen LogP) is 3.64. The summed E-state index contributed by atoms with van der Waals surface area (Å²) in [6.45, 7) is 0.755. The van der Waals surface area contributed by atoms with Gasteiger partial charge in [-0.25, -0.2) is 9.97 Å². The van der Waals surface area contributed by atoms with Gasteiger partial charge in [0.2, 0.25) is 5.88 Å². The summed E-state index contributed by atoms with van der Waals surface area (Å²) in [5, 5.41) is 2.06. The van der Waals surface area contributed by atoms with E-state index >= 15 is 0 Å². The lowest BCUT2D eigenvalue weighted by Crippen LogP contribution is -2.39. The molecule has 1 aliphatic heterocycles. The lowest BCUT2D eigenvalue weighted by atomic mass is 10.1. The Labute approximate surface area is 146 Å². The molecule has 3 rings (SSSR count). The number of rotatable bonds is 4. The van der Waals surface area contributed by atoms with Crippen molar-refractivity contribution in [2.45, 2.75) is 31.7 Å². The Bertz CT molecular complexity index is 700. The van der Waals surface area contributed by atoms with Crippen LogP contribution >= 0.6 is 11.3 Å². The van der Waals surface area contributed by atoms with Crippen molar-refractivity contribution >= 4 is 23.3 Å². The van der Waals surface area contributed by atoms with Gasteiger partial charge in [-0.3, -0.25) is 4.79 Å². The van der Waals surface area contributed by atoms with Crippen LogP contribution in [0.4, 0.5) is 0 Å². The summed E-state index contributed by atoms with van der Waals surface area (Å²) in [5.74, 6) is 0.354. The first-order valence-corrected chi connectivity index (χ1v) is 9.04. The van der Waals surface area contributed by atoms with E-state index in [9.17, 15) is 4.79 Å². The van der Waals surface area contributed by atoms with Crippen molar-refractivity contribution in [3.8, 4) is 5.88 Å². The van der Waals surface area contributed by atoms with Crippen LogP contribution in [0.3, 0.4) is 0 Å². The molecule has 0 bridgehead atoms. The number of ether oxygens (including phenoxy) is 1. The molecule has 0 aromatic carbocycles. The average molecular weight is 343 g/mol. The van der Waals surface area contributed by atoms with Gasteiger partial charge >= 0.3 is 0 Å². The highest BCUT2D eigenvalue weighted by molar-refractivity contribution is 7.10. The topological polar surface area (TPSA) is 55.3 Å². The summed E-state index contributed by atoms with van der Waals surface area (Å²) in [6, 6.07) is 5.82. The highest BCUT2D eigenvalue weighted by atomic mass is 32.1. The molecule has 1 atom stereocenters. The Morgan fingerprint density at radius 1 is 1.38 bits per heavy atom. The third kappa shape index (κ3) is 4.00. The number of hydrogen-bond donors (Lipinski definition) is 0. The van der Waals surface area contributed by atoms with Crippen molar-refractivity contribution in [3.63, 3.8) is 0 Å². The van der Waals surface area contributed by atoms with Crippen LogP contribution in [0, 0.1) is 0 Å². The Kier molecular flexibility index (Phi) is 5.59. The van der Waals surface area contributed by atoms with Crippen LogP contribution in [0.1, 0.15) is 41.0 Å². The maximum Gasteiger partial charge on any atom is 0.273 e. The molecule has 1 unspecified atom stereocenters. The van der Waals surface area contributed by atoms with E-state index in [1.807, 2.05) is 11.0 Å². The van der Waals surface area contributed by atoms with Crippen molar-refractivity contribution in [1.82, 2.24) is 14.9 Å². The molecule has 0 saturated carbocycles. The number of aromatic nitrogens is 2. The minimum atomic E-state index is -0.0570. The number of carbonyl (C=O) groups is 1. The van der Waals surface area contributed by atoms with Crippen molar-refractivity contribution in [3.05, 3.63) is 46.6 Å². The van der Waals surface area contributed by atoms with E-state index in [0.717, 1.165) is 32.2 Å². The summed E-state index contributed by atoms with van der Waals surface area (Å²) in [5.41, 5.74) is 0.387. The van der Waals surface area contributed by atoms with Gasteiger partial charge in [-0.1, -0.05) is 25.0 Å². The Hall–Kier alpha value is -2.21. The molecule has 0 spiro atoms. The fourth-order valence-corrected chi connectivity index (χ4v) is 3.52. The van der Waals surface area contributed by atoms with Crippen molar-refractivity contribution in [2.75, 3.05) is 13.7 Å². The van der Waals surface area contributed by atoms with E-state index in [2.05, 4.69) is 33.6 Å². The summed E-state index contributed by atoms with van der Waals surface area (Å²) in [7, 11) is 1.54. The summed E-state index contributed by atoms with van der Waals surface area (Å²) >= 11 is 1.70. The molecule has 1 aliphatic rings. The molecule has 1 fully saturated rings. The minimum absolute atomic E-state index is 0.0570. The van der Waals surface area contributed by atoms with Gasteiger partial charge in [0.05, 0.1) is 13.2 Å². The molecule has 0 N–H and O–H groups in total. The molecule has 0 aliphatic carbocycles. The third-order valence-corrected chi connectivity index (χ3v) is 4.99. The van der Waals surface area contributed by atoms with E-state index in [1.54, 1.807) is 17.4 Å². The van der Waals surface area contributed by atoms with Crippen molar-refractivity contribution in [2.24, 2.45) is 0 Å². The Morgan fingerprint density at radius 2 is 2.29 bits per heavy atom. The molecular formula is C18H21N3O2S. The molecule has 126 valence electrons. The molecule has 6 heteroatoms. The van der Waals surface area contributed by atoms with Crippen LogP contribution in [-0.4, -0.2) is 40.5 Å². The molecule has 3 heterocycles. The number of likely N-dealkylation sites (tertiary alicyclic amines) is 1. The van der Waals surface area contributed by atoms with E-state index in [-0.39, 0.29) is 11.9 Å².